The summed E-state index contributed by atoms with van der Waals surface area (Å²) in [6.07, 6.45) is 11.7. The molecule has 0 bridgehead atoms. The molecule has 7 nitrogen and oxygen atoms in total. The van der Waals surface area contributed by atoms with E-state index in [-0.39, 0.29) is 36.3 Å². The highest BCUT2D eigenvalue weighted by Gasteiger charge is 2.45. The van der Waals surface area contributed by atoms with Crippen LogP contribution in [0.15, 0.2) is 24.3 Å². The smallest absolute Gasteiger partial charge is 0.357 e. The minimum absolute atomic E-state index is 0.0746. The number of nitrogens with zero attached hydrogens (tertiary/aromatic N) is 2. The lowest BCUT2D eigenvalue weighted by Gasteiger charge is -2.46. The molecule has 2 amide bonds. The summed E-state index contributed by atoms with van der Waals surface area (Å²) in [5.41, 5.74) is 1.30. The molecule has 2 aromatic rings. The summed E-state index contributed by atoms with van der Waals surface area (Å²) in [6, 6.07) is 7.06. The number of ether oxygens (including phenoxy) is 1. The topological polar surface area (TPSA) is 80.6 Å². The summed E-state index contributed by atoms with van der Waals surface area (Å²) in [5, 5.41) is 4.05. The molecular weight excluding hydrogens is 521 g/mol. The van der Waals surface area contributed by atoms with Gasteiger partial charge in [0.1, 0.15) is 11.7 Å². The van der Waals surface area contributed by atoms with Crippen molar-refractivity contribution in [3.05, 3.63) is 30.0 Å². The number of rotatable bonds is 6. The van der Waals surface area contributed by atoms with Gasteiger partial charge in [0.25, 0.3) is 0 Å². The van der Waals surface area contributed by atoms with E-state index < -0.39 is 11.8 Å². The second-order valence-corrected chi connectivity index (χ2v) is 13.3. The molecule has 1 aromatic carbocycles. The molecule has 2 aliphatic carbocycles. The number of alkyl halides is 1. The molecule has 0 spiro atoms. The Labute approximate surface area is 242 Å². The molecule has 41 heavy (non-hydrogen) atoms. The van der Waals surface area contributed by atoms with E-state index in [1.807, 2.05) is 47.6 Å². The zero-order valence-corrected chi connectivity index (χ0v) is 24.5. The molecule has 1 aromatic heterocycles. The number of halogens is 1. The molecule has 0 unspecified atom stereocenters. The predicted molar refractivity (Wildman–Crippen MR) is 156 cm³/mol. The summed E-state index contributed by atoms with van der Waals surface area (Å²) < 4.78 is 20.3. The largest absolute Gasteiger partial charge is 0.434 e. The van der Waals surface area contributed by atoms with Gasteiger partial charge in [0, 0.05) is 23.5 Å². The van der Waals surface area contributed by atoms with Crippen molar-refractivity contribution in [3.63, 3.8) is 0 Å². The van der Waals surface area contributed by atoms with E-state index in [0.717, 1.165) is 62.3 Å². The molecule has 3 heterocycles. The number of likely N-dealkylation sites (tertiary alicyclic amines) is 1. The van der Waals surface area contributed by atoms with Gasteiger partial charge in [-0.3, -0.25) is 18.5 Å². The summed E-state index contributed by atoms with van der Waals surface area (Å²) >= 11 is 0. The number of benzene rings is 1. The van der Waals surface area contributed by atoms with Crippen molar-refractivity contribution < 1.29 is 23.5 Å². The first kappa shape index (κ1) is 28.2. The Hall–Kier alpha value is -2.90. The number of hydrogen-bond donors (Lipinski definition) is 1. The number of anilines is 1. The Kier molecular flexibility index (Phi) is 7.86. The quantitative estimate of drug-likeness (QED) is 0.391. The van der Waals surface area contributed by atoms with Gasteiger partial charge in [-0.2, -0.15) is 0 Å². The van der Waals surface area contributed by atoms with Crippen LogP contribution >= 0.6 is 0 Å². The van der Waals surface area contributed by atoms with Crippen LogP contribution in [0.3, 0.4) is 0 Å². The van der Waals surface area contributed by atoms with Crippen LogP contribution in [0, 0.1) is 23.7 Å². The highest BCUT2D eigenvalue weighted by atomic mass is 19.1. The van der Waals surface area contributed by atoms with Gasteiger partial charge in [-0.1, -0.05) is 32.1 Å². The minimum Gasteiger partial charge on any atom is -0.434 e. The van der Waals surface area contributed by atoms with Crippen LogP contribution in [0.1, 0.15) is 101 Å². The summed E-state index contributed by atoms with van der Waals surface area (Å²) in [5.74, 6) is 0.582. The number of hydrogen-bond acceptors (Lipinski definition) is 4. The Morgan fingerprint density at radius 2 is 1.76 bits per heavy atom. The van der Waals surface area contributed by atoms with E-state index in [2.05, 4.69) is 5.32 Å². The highest BCUT2D eigenvalue weighted by Crippen LogP contribution is 2.41. The molecule has 1 saturated heterocycles. The summed E-state index contributed by atoms with van der Waals surface area (Å²) in [7, 11) is 0. The number of aromatic nitrogens is 1. The highest BCUT2D eigenvalue weighted by molar-refractivity contribution is 6.02. The Morgan fingerprint density at radius 3 is 2.49 bits per heavy atom. The molecule has 6 rings (SSSR count). The van der Waals surface area contributed by atoms with E-state index >= 15 is 0 Å². The van der Waals surface area contributed by atoms with Crippen LogP contribution < -0.4 is 5.32 Å². The first-order valence-corrected chi connectivity index (χ1v) is 15.8. The molecule has 1 N–H and O–H groups in total. The average molecular weight is 566 g/mol. The number of cyclic esters (lactones) is 1. The van der Waals surface area contributed by atoms with Gasteiger partial charge >= 0.3 is 5.97 Å². The van der Waals surface area contributed by atoms with Crippen LogP contribution in [-0.2, 0) is 20.1 Å². The van der Waals surface area contributed by atoms with Gasteiger partial charge in [0.2, 0.25) is 11.8 Å². The van der Waals surface area contributed by atoms with Gasteiger partial charge in [-0.05, 0) is 101 Å². The molecule has 2 atom stereocenters. The van der Waals surface area contributed by atoms with Crippen molar-refractivity contribution in [1.82, 2.24) is 9.47 Å². The van der Waals surface area contributed by atoms with Crippen molar-refractivity contribution in [2.45, 2.75) is 103 Å². The maximum atomic E-state index is 14.2. The van der Waals surface area contributed by atoms with Crippen molar-refractivity contribution in [1.29, 1.82) is 0 Å². The Bertz CT molecular complexity index is 1310. The predicted octanol–water partition coefficient (Wildman–Crippen LogP) is 6.80. The number of carbonyl (C=O) groups is 3. The third-order valence-corrected chi connectivity index (χ3v) is 10.4. The second kappa shape index (κ2) is 11.4. The van der Waals surface area contributed by atoms with Gasteiger partial charge in [0.05, 0.1) is 12.2 Å². The molecule has 2 saturated carbocycles. The zero-order valence-electron chi connectivity index (χ0n) is 24.5. The molecule has 3 fully saturated rings. The van der Waals surface area contributed by atoms with Crippen molar-refractivity contribution >= 4 is 34.4 Å². The Balaban J connectivity index is 1.25. The van der Waals surface area contributed by atoms with Gasteiger partial charge in [0.15, 0.2) is 5.72 Å². The SMILES string of the molecule is CC1(C)OC(=O)c2cc3cc(NC(=O)[C@@H]4[C@H](C5CCCCC5)CCCN4C(=O)C4CCC(CCF)CC4)ccc3n21. The number of carbonyl (C=O) groups excluding carboxylic acids is 3. The number of nitrogens with one attached hydrogen (secondary N) is 1. The van der Waals surface area contributed by atoms with Crippen molar-refractivity contribution in [3.8, 4) is 0 Å². The number of piperidine rings is 1. The second-order valence-electron chi connectivity index (χ2n) is 13.3. The van der Waals surface area contributed by atoms with Gasteiger partial charge in [-0.15, -0.1) is 0 Å². The molecule has 222 valence electrons. The lowest BCUT2D eigenvalue weighted by molar-refractivity contribution is -0.148. The molecule has 4 aliphatic rings. The molecule has 8 heteroatoms. The lowest BCUT2D eigenvalue weighted by Crippen LogP contribution is -2.57. The number of amides is 2. The van der Waals surface area contributed by atoms with E-state index in [4.69, 9.17) is 4.74 Å². The number of fused-ring (bicyclic) bond motifs is 3. The molecule has 2 aliphatic heterocycles. The lowest BCUT2D eigenvalue weighted by atomic mass is 9.71. The standard InChI is InChI=1S/C33H44FN3O4/c1-33(2)37-27-15-14-25(19-24(27)20-28(37)32(40)41-33)35-30(38)29-26(22-7-4-3-5-8-22)9-6-18-36(29)31(39)23-12-10-21(11-13-23)16-17-34/h14-15,19-23,26,29H,3-13,16-18H2,1-2H3,(H,35,38)/t21?,23?,26-,29-/m0/s1. The fraction of sp³-hybridized carbons (Fsp3) is 0.667. The molecule has 0 radical (unpaired) electrons. The van der Waals surface area contributed by atoms with E-state index in [1.165, 1.54) is 19.3 Å². The maximum Gasteiger partial charge on any atom is 0.357 e. The average Bonchev–Trinajstić information content (AvgIpc) is 3.47. The van der Waals surface area contributed by atoms with Crippen LogP contribution in [0.4, 0.5) is 10.1 Å². The van der Waals surface area contributed by atoms with E-state index in [0.29, 0.717) is 36.2 Å². The van der Waals surface area contributed by atoms with Gasteiger partial charge in [-0.25, -0.2) is 4.79 Å². The van der Waals surface area contributed by atoms with Gasteiger partial charge < -0.3 is 15.0 Å². The Morgan fingerprint density at radius 1 is 1.00 bits per heavy atom. The van der Waals surface area contributed by atoms with Crippen LogP contribution in [-0.4, -0.2) is 46.5 Å². The van der Waals surface area contributed by atoms with E-state index in [1.54, 1.807) is 0 Å². The van der Waals surface area contributed by atoms with Crippen molar-refractivity contribution in [2.75, 3.05) is 18.5 Å². The minimum atomic E-state index is -0.764. The molecular formula is C33H44FN3O4. The first-order chi connectivity index (χ1) is 19.8. The van der Waals surface area contributed by atoms with Crippen LogP contribution in [0.5, 0.6) is 0 Å². The number of esters is 1. The normalized spacial score (nSPS) is 28.4. The fourth-order valence-electron chi connectivity index (χ4n) is 8.32. The monoisotopic (exact) mass is 565 g/mol. The fourth-order valence-corrected chi connectivity index (χ4v) is 8.32. The van der Waals surface area contributed by atoms with Crippen molar-refractivity contribution in [2.24, 2.45) is 23.7 Å². The van der Waals surface area contributed by atoms with Crippen LogP contribution in [0.2, 0.25) is 0 Å². The first-order valence-electron chi connectivity index (χ1n) is 15.8. The third kappa shape index (κ3) is 5.39. The maximum absolute atomic E-state index is 14.2. The third-order valence-electron chi connectivity index (χ3n) is 10.4. The van der Waals surface area contributed by atoms with Crippen LogP contribution in [0.25, 0.3) is 10.9 Å². The summed E-state index contributed by atoms with van der Waals surface area (Å²) in [6.45, 7) is 4.06. The zero-order chi connectivity index (χ0) is 28.7. The summed E-state index contributed by atoms with van der Waals surface area (Å²) in [4.78, 5) is 42.5. The van der Waals surface area contributed by atoms with E-state index in [9.17, 15) is 18.8 Å².